The molecule has 0 saturated carbocycles. The molecule has 7 heteroatoms. The van der Waals surface area contributed by atoms with Gasteiger partial charge >= 0.3 is 0 Å². The molecule has 0 aromatic heterocycles. The van der Waals surface area contributed by atoms with Crippen LogP contribution in [0.1, 0.15) is 12.8 Å². The van der Waals surface area contributed by atoms with E-state index < -0.39 is 4.92 Å². The number of carbonyl (C=O) groups excluding carboxylic acids is 1. The van der Waals surface area contributed by atoms with E-state index in [1.54, 1.807) is 6.07 Å². The third-order valence-electron chi connectivity index (χ3n) is 3.31. The summed E-state index contributed by atoms with van der Waals surface area (Å²) in [6.45, 7) is 1.27. The smallest absolute Gasteiger partial charge is 0.271 e. The average Bonchev–Trinajstić information content (AvgIpc) is 2.38. The summed E-state index contributed by atoms with van der Waals surface area (Å²) < 4.78 is 0. The van der Waals surface area contributed by atoms with Crippen LogP contribution in [-0.2, 0) is 4.79 Å². The van der Waals surface area contributed by atoms with Crippen molar-refractivity contribution in [3.8, 4) is 0 Å². The first-order chi connectivity index (χ1) is 8.99. The van der Waals surface area contributed by atoms with E-state index in [4.69, 9.17) is 17.3 Å². The van der Waals surface area contributed by atoms with E-state index >= 15 is 0 Å². The number of non-ortho nitro benzene ring substituents is 1. The van der Waals surface area contributed by atoms with Crippen LogP contribution < -0.4 is 10.6 Å². The number of piperidine rings is 1. The minimum absolute atomic E-state index is 0.0442. The fourth-order valence-corrected chi connectivity index (χ4v) is 2.59. The molecule has 1 aliphatic heterocycles. The molecule has 1 fully saturated rings. The number of nitro groups is 1. The van der Waals surface area contributed by atoms with Crippen molar-refractivity contribution in [2.45, 2.75) is 12.8 Å². The Balaban J connectivity index is 2.22. The number of nitrogens with zero attached hydrogens (tertiary/aromatic N) is 2. The number of benzene rings is 1. The molecule has 1 heterocycles. The Hall–Kier alpha value is -1.82. The van der Waals surface area contributed by atoms with Crippen molar-refractivity contribution >= 4 is 28.9 Å². The second-order valence-electron chi connectivity index (χ2n) is 4.58. The van der Waals surface area contributed by atoms with E-state index in [1.807, 2.05) is 4.90 Å². The van der Waals surface area contributed by atoms with Gasteiger partial charge in [0.05, 0.1) is 21.6 Å². The highest BCUT2D eigenvalue weighted by Crippen LogP contribution is 2.32. The van der Waals surface area contributed by atoms with Crippen molar-refractivity contribution in [2.75, 3.05) is 18.0 Å². The van der Waals surface area contributed by atoms with Crippen LogP contribution >= 0.6 is 11.6 Å². The summed E-state index contributed by atoms with van der Waals surface area (Å²) >= 11 is 6.07. The molecule has 0 aliphatic carbocycles. The van der Waals surface area contributed by atoms with Gasteiger partial charge in [-0.1, -0.05) is 11.6 Å². The van der Waals surface area contributed by atoms with Crippen LogP contribution in [0.15, 0.2) is 18.2 Å². The van der Waals surface area contributed by atoms with Crippen LogP contribution in [0, 0.1) is 16.0 Å². The lowest BCUT2D eigenvalue weighted by Gasteiger charge is -2.33. The van der Waals surface area contributed by atoms with Crippen molar-refractivity contribution in [3.63, 3.8) is 0 Å². The predicted molar refractivity (Wildman–Crippen MR) is 72.2 cm³/mol. The molecule has 2 N–H and O–H groups in total. The van der Waals surface area contributed by atoms with Crippen LogP contribution in [0.2, 0.25) is 5.02 Å². The van der Waals surface area contributed by atoms with Crippen molar-refractivity contribution in [1.82, 2.24) is 0 Å². The molecule has 1 saturated heterocycles. The Morgan fingerprint density at radius 2 is 2.26 bits per heavy atom. The summed E-state index contributed by atoms with van der Waals surface area (Å²) in [6.07, 6.45) is 1.62. The summed E-state index contributed by atoms with van der Waals surface area (Å²) in [5.41, 5.74) is 5.98. The van der Waals surface area contributed by atoms with E-state index in [2.05, 4.69) is 0 Å². The van der Waals surface area contributed by atoms with Crippen molar-refractivity contribution < 1.29 is 9.72 Å². The molecule has 1 aromatic carbocycles. The molecule has 1 amide bonds. The van der Waals surface area contributed by atoms with Gasteiger partial charge in [-0.3, -0.25) is 14.9 Å². The number of amides is 1. The Bertz CT molecular complexity index is 521. The zero-order valence-corrected chi connectivity index (χ0v) is 11.0. The second-order valence-corrected chi connectivity index (χ2v) is 4.99. The fourth-order valence-electron chi connectivity index (χ4n) is 2.29. The molecule has 6 nitrogen and oxygen atoms in total. The summed E-state index contributed by atoms with van der Waals surface area (Å²) in [5.74, 6) is -0.511. The Labute approximate surface area is 115 Å². The highest BCUT2D eigenvalue weighted by Gasteiger charge is 2.25. The monoisotopic (exact) mass is 283 g/mol. The molecule has 0 radical (unpaired) electrons. The summed E-state index contributed by atoms with van der Waals surface area (Å²) in [6, 6.07) is 4.35. The van der Waals surface area contributed by atoms with Gasteiger partial charge in [0.1, 0.15) is 0 Å². The van der Waals surface area contributed by atoms with Crippen LogP contribution in [0.25, 0.3) is 0 Å². The van der Waals surface area contributed by atoms with Crippen molar-refractivity contribution in [1.29, 1.82) is 0 Å². The minimum Gasteiger partial charge on any atom is -0.370 e. The van der Waals surface area contributed by atoms with E-state index in [0.717, 1.165) is 19.4 Å². The lowest BCUT2D eigenvalue weighted by Crippen LogP contribution is -2.41. The molecule has 19 heavy (non-hydrogen) atoms. The van der Waals surface area contributed by atoms with E-state index in [9.17, 15) is 14.9 Å². The lowest BCUT2D eigenvalue weighted by atomic mass is 9.97. The van der Waals surface area contributed by atoms with Gasteiger partial charge in [-0.25, -0.2) is 0 Å². The highest BCUT2D eigenvalue weighted by molar-refractivity contribution is 6.33. The maximum absolute atomic E-state index is 11.2. The van der Waals surface area contributed by atoms with E-state index in [0.29, 0.717) is 17.3 Å². The Kier molecular flexibility index (Phi) is 3.90. The number of nitro benzene ring substituents is 1. The largest absolute Gasteiger partial charge is 0.370 e. The van der Waals surface area contributed by atoms with Gasteiger partial charge in [-0.05, 0) is 18.9 Å². The number of halogens is 1. The first kappa shape index (κ1) is 13.6. The molecule has 0 bridgehead atoms. The molecule has 102 valence electrons. The van der Waals surface area contributed by atoms with Gasteiger partial charge in [0.2, 0.25) is 5.91 Å². The van der Waals surface area contributed by atoms with Gasteiger partial charge in [0.15, 0.2) is 0 Å². The molecule has 0 spiro atoms. The molecule has 1 unspecified atom stereocenters. The van der Waals surface area contributed by atoms with Crippen LogP contribution in [0.4, 0.5) is 11.4 Å². The molecule has 1 aromatic rings. The minimum atomic E-state index is -0.488. The fraction of sp³-hybridized carbons (Fsp3) is 0.417. The quantitative estimate of drug-likeness (QED) is 0.678. The van der Waals surface area contributed by atoms with Gasteiger partial charge in [-0.15, -0.1) is 0 Å². The number of nitrogens with two attached hydrogens (primary N) is 1. The standard InChI is InChI=1S/C12H14ClN3O3/c13-10-6-9(16(18)19)3-4-11(10)15-5-1-2-8(7-15)12(14)17/h3-4,6,8H,1-2,5,7H2,(H2,14,17). The van der Waals surface area contributed by atoms with Crippen molar-refractivity contribution in [3.05, 3.63) is 33.3 Å². The third-order valence-corrected chi connectivity index (χ3v) is 3.61. The lowest BCUT2D eigenvalue weighted by molar-refractivity contribution is -0.384. The number of carbonyl (C=O) groups is 1. The maximum Gasteiger partial charge on any atom is 0.271 e. The maximum atomic E-state index is 11.2. The topological polar surface area (TPSA) is 89.5 Å². The third kappa shape index (κ3) is 2.96. The highest BCUT2D eigenvalue weighted by atomic mass is 35.5. The second kappa shape index (κ2) is 5.44. The zero-order valence-electron chi connectivity index (χ0n) is 10.2. The Morgan fingerprint density at radius 1 is 1.53 bits per heavy atom. The van der Waals surface area contributed by atoms with Crippen LogP contribution in [0.5, 0.6) is 0 Å². The van der Waals surface area contributed by atoms with Crippen LogP contribution in [-0.4, -0.2) is 23.9 Å². The van der Waals surface area contributed by atoms with Gasteiger partial charge in [-0.2, -0.15) is 0 Å². The van der Waals surface area contributed by atoms with Crippen LogP contribution in [0.3, 0.4) is 0 Å². The molecule has 1 atom stereocenters. The summed E-state index contributed by atoms with van der Waals surface area (Å²) in [4.78, 5) is 23.3. The summed E-state index contributed by atoms with van der Waals surface area (Å²) in [7, 11) is 0. The SMILES string of the molecule is NC(=O)C1CCCN(c2ccc([N+](=O)[O-])cc2Cl)C1. The number of primary amides is 1. The first-order valence-corrected chi connectivity index (χ1v) is 6.35. The number of anilines is 1. The molecule has 2 rings (SSSR count). The molecule has 1 aliphatic rings. The molecular weight excluding hydrogens is 270 g/mol. The predicted octanol–water partition coefficient (Wildman–Crippen LogP) is 1.95. The van der Waals surface area contributed by atoms with E-state index in [-0.39, 0.29) is 17.5 Å². The zero-order chi connectivity index (χ0) is 14.0. The van der Waals surface area contributed by atoms with E-state index in [1.165, 1.54) is 12.1 Å². The average molecular weight is 284 g/mol. The summed E-state index contributed by atoms with van der Waals surface area (Å²) in [5, 5.41) is 11.0. The number of rotatable bonds is 3. The number of hydrogen-bond acceptors (Lipinski definition) is 4. The van der Waals surface area contributed by atoms with Gasteiger partial charge in [0, 0.05) is 25.2 Å². The van der Waals surface area contributed by atoms with Crippen molar-refractivity contribution in [2.24, 2.45) is 11.7 Å². The normalized spacial score (nSPS) is 19.2. The Morgan fingerprint density at radius 3 is 2.84 bits per heavy atom. The van der Waals surface area contributed by atoms with Gasteiger partial charge in [0.25, 0.3) is 5.69 Å². The van der Waals surface area contributed by atoms with Gasteiger partial charge < -0.3 is 10.6 Å². The number of hydrogen-bond donors (Lipinski definition) is 1. The first-order valence-electron chi connectivity index (χ1n) is 5.97. The molecular formula is C12H14ClN3O3.